The van der Waals surface area contributed by atoms with Crippen molar-refractivity contribution in [3.63, 3.8) is 0 Å². The van der Waals surface area contributed by atoms with Crippen LogP contribution in [0.3, 0.4) is 0 Å². The fourth-order valence-corrected chi connectivity index (χ4v) is 1.92. The van der Waals surface area contributed by atoms with E-state index in [4.69, 9.17) is 4.74 Å². The maximum Gasteiger partial charge on any atom is 0.120 e. The second kappa shape index (κ2) is 8.82. The third-order valence-electron chi connectivity index (χ3n) is 3.60. The molecule has 0 saturated carbocycles. The highest BCUT2D eigenvalue weighted by Gasteiger charge is 2.04. The highest BCUT2D eigenvalue weighted by atomic mass is 16.5. The summed E-state index contributed by atoms with van der Waals surface area (Å²) in [5.41, 5.74) is 0.878. The maximum atomic E-state index is 9.76. The third-order valence-corrected chi connectivity index (χ3v) is 3.60. The molecule has 0 aliphatic heterocycles. The summed E-state index contributed by atoms with van der Waals surface area (Å²) in [6, 6.07) is 5.92. The minimum absolute atomic E-state index is 0.317. The van der Waals surface area contributed by atoms with E-state index in [2.05, 4.69) is 31.1 Å². The molecule has 0 aliphatic rings. The number of aromatic hydroxyl groups is 1. The molecule has 0 bridgehead atoms. The molecular formula is C16H28N2O2. The fourth-order valence-electron chi connectivity index (χ4n) is 1.92. The van der Waals surface area contributed by atoms with Crippen LogP contribution in [-0.2, 0) is 6.54 Å². The average Bonchev–Trinajstić information content (AvgIpc) is 2.43. The van der Waals surface area contributed by atoms with Crippen LogP contribution in [0.4, 0.5) is 0 Å². The smallest absolute Gasteiger partial charge is 0.120 e. The normalized spacial score (nSPS) is 11.3. The zero-order valence-electron chi connectivity index (χ0n) is 13.1. The van der Waals surface area contributed by atoms with E-state index < -0.39 is 0 Å². The Morgan fingerprint density at radius 2 is 2.05 bits per heavy atom. The minimum Gasteiger partial charge on any atom is -0.508 e. The van der Waals surface area contributed by atoms with Crippen LogP contribution in [-0.4, -0.2) is 43.3 Å². The van der Waals surface area contributed by atoms with E-state index in [0.717, 1.165) is 30.8 Å². The molecule has 0 unspecified atom stereocenters. The van der Waals surface area contributed by atoms with Gasteiger partial charge in [0.05, 0.1) is 7.11 Å². The molecule has 0 radical (unpaired) electrons. The van der Waals surface area contributed by atoms with Crippen LogP contribution in [0.1, 0.15) is 32.3 Å². The molecule has 0 atom stereocenters. The van der Waals surface area contributed by atoms with Crippen LogP contribution < -0.4 is 10.1 Å². The lowest BCUT2D eigenvalue weighted by Crippen LogP contribution is -2.27. The van der Waals surface area contributed by atoms with Crippen LogP contribution >= 0.6 is 0 Å². The first-order valence-corrected chi connectivity index (χ1v) is 7.31. The summed E-state index contributed by atoms with van der Waals surface area (Å²) in [6.45, 7) is 7.18. The van der Waals surface area contributed by atoms with Gasteiger partial charge in [-0.1, -0.05) is 0 Å². The van der Waals surface area contributed by atoms with Crippen molar-refractivity contribution in [1.82, 2.24) is 10.2 Å². The van der Waals surface area contributed by atoms with Gasteiger partial charge in [0.25, 0.3) is 0 Å². The Labute approximate surface area is 122 Å². The molecule has 0 amide bonds. The lowest BCUT2D eigenvalue weighted by atomic mass is 10.2. The number of unbranched alkanes of at least 4 members (excludes halogenated alkanes) is 1. The molecule has 4 heteroatoms. The quantitative estimate of drug-likeness (QED) is 0.683. The van der Waals surface area contributed by atoms with Crippen LogP contribution in [0.25, 0.3) is 0 Å². The minimum atomic E-state index is 0.317. The lowest BCUT2D eigenvalue weighted by Gasteiger charge is -2.20. The topological polar surface area (TPSA) is 44.7 Å². The number of rotatable bonds is 9. The number of hydrogen-bond acceptors (Lipinski definition) is 4. The molecule has 0 spiro atoms. The molecule has 2 N–H and O–H groups in total. The van der Waals surface area contributed by atoms with Gasteiger partial charge in [-0.15, -0.1) is 0 Å². The Hall–Kier alpha value is -1.26. The highest BCUT2D eigenvalue weighted by molar-refractivity contribution is 5.39. The number of nitrogens with one attached hydrogen (secondary N) is 1. The van der Waals surface area contributed by atoms with E-state index in [1.165, 1.54) is 6.42 Å². The van der Waals surface area contributed by atoms with Gasteiger partial charge in [-0.05, 0) is 65.0 Å². The summed E-state index contributed by atoms with van der Waals surface area (Å²) in [7, 11) is 3.79. The van der Waals surface area contributed by atoms with Crippen molar-refractivity contribution < 1.29 is 9.84 Å². The predicted molar refractivity (Wildman–Crippen MR) is 83.4 cm³/mol. The van der Waals surface area contributed by atoms with Crippen molar-refractivity contribution in [2.24, 2.45) is 0 Å². The molecule has 20 heavy (non-hydrogen) atoms. The zero-order valence-corrected chi connectivity index (χ0v) is 13.1. The van der Waals surface area contributed by atoms with Gasteiger partial charge in [0, 0.05) is 18.2 Å². The van der Waals surface area contributed by atoms with Gasteiger partial charge in [-0.2, -0.15) is 0 Å². The molecule has 0 heterocycles. The standard InChI is InChI=1S/C16H28N2O2/c1-13(2)18(3)10-6-5-9-17-12-14-11-15(20-4)7-8-16(14)19/h7-8,11,13,17,19H,5-6,9-10,12H2,1-4H3. The summed E-state index contributed by atoms with van der Waals surface area (Å²) >= 11 is 0. The summed E-state index contributed by atoms with van der Waals surface area (Å²) in [5.74, 6) is 1.09. The molecule has 0 fully saturated rings. The number of hydrogen-bond donors (Lipinski definition) is 2. The molecule has 0 aromatic heterocycles. The largest absolute Gasteiger partial charge is 0.508 e. The van der Waals surface area contributed by atoms with Gasteiger partial charge in [0.1, 0.15) is 11.5 Å². The van der Waals surface area contributed by atoms with Crippen molar-refractivity contribution in [2.45, 2.75) is 39.3 Å². The molecule has 1 aromatic carbocycles. The number of benzene rings is 1. The Kier molecular flexibility index (Phi) is 7.41. The molecule has 1 aromatic rings. The highest BCUT2D eigenvalue weighted by Crippen LogP contribution is 2.22. The maximum absolute atomic E-state index is 9.76. The summed E-state index contributed by atoms with van der Waals surface area (Å²) in [5, 5.41) is 13.1. The van der Waals surface area contributed by atoms with Gasteiger partial charge in [0.15, 0.2) is 0 Å². The van der Waals surface area contributed by atoms with Gasteiger partial charge in [0.2, 0.25) is 0 Å². The second-order valence-electron chi connectivity index (χ2n) is 5.45. The van der Waals surface area contributed by atoms with E-state index >= 15 is 0 Å². The molecule has 114 valence electrons. The number of methoxy groups -OCH3 is 1. The Morgan fingerprint density at radius 1 is 1.30 bits per heavy atom. The summed E-state index contributed by atoms with van der Waals surface area (Å²) in [4.78, 5) is 2.36. The number of nitrogens with zero attached hydrogens (tertiary/aromatic N) is 1. The van der Waals surface area contributed by atoms with E-state index in [1.807, 2.05) is 6.07 Å². The van der Waals surface area contributed by atoms with Crippen LogP contribution in [0.15, 0.2) is 18.2 Å². The lowest BCUT2D eigenvalue weighted by molar-refractivity contribution is 0.268. The first kappa shape index (κ1) is 16.8. The van der Waals surface area contributed by atoms with Crippen molar-refractivity contribution in [1.29, 1.82) is 0 Å². The molecule has 0 aliphatic carbocycles. The Bertz CT molecular complexity index is 394. The number of phenols is 1. The van der Waals surface area contributed by atoms with Crippen molar-refractivity contribution >= 4 is 0 Å². The van der Waals surface area contributed by atoms with Crippen molar-refractivity contribution in [3.8, 4) is 11.5 Å². The molecule has 1 rings (SSSR count). The van der Waals surface area contributed by atoms with Crippen molar-refractivity contribution in [3.05, 3.63) is 23.8 Å². The zero-order chi connectivity index (χ0) is 15.0. The molecule has 0 saturated heterocycles. The Balaban J connectivity index is 2.21. The second-order valence-corrected chi connectivity index (χ2v) is 5.45. The number of phenolic OH excluding ortho intramolecular Hbond substituents is 1. The van der Waals surface area contributed by atoms with Gasteiger partial charge in [-0.3, -0.25) is 0 Å². The fraction of sp³-hybridized carbons (Fsp3) is 0.625. The number of ether oxygens (including phenoxy) is 1. The van der Waals surface area contributed by atoms with E-state index in [0.29, 0.717) is 18.3 Å². The van der Waals surface area contributed by atoms with Crippen LogP contribution in [0.5, 0.6) is 11.5 Å². The van der Waals surface area contributed by atoms with Crippen LogP contribution in [0.2, 0.25) is 0 Å². The monoisotopic (exact) mass is 280 g/mol. The first-order valence-electron chi connectivity index (χ1n) is 7.31. The SMILES string of the molecule is COc1ccc(O)c(CNCCCCN(C)C(C)C)c1. The van der Waals surface area contributed by atoms with E-state index in [1.54, 1.807) is 19.2 Å². The predicted octanol–water partition coefficient (Wildman–Crippen LogP) is 2.61. The molecule has 4 nitrogen and oxygen atoms in total. The summed E-state index contributed by atoms with van der Waals surface area (Å²) in [6.07, 6.45) is 2.33. The van der Waals surface area contributed by atoms with Crippen LogP contribution in [0, 0.1) is 0 Å². The van der Waals surface area contributed by atoms with Gasteiger partial charge < -0.3 is 20.1 Å². The first-order chi connectivity index (χ1) is 9.54. The van der Waals surface area contributed by atoms with E-state index in [9.17, 15) is 5.11 Å². The molecular weight excluding hydrogens is 252 g/mol. The Morgan fingerprint density at radius 3 is 2.70 bits per heavy atom. The third kappa shape index (κ3) is 5.80. The van der Waals surface area contributed by atoms with Crippen molar-refractivity contribution in [2.75, 3.05) is 27.2 Å². The van der Waals surface area contributed by atoms with Gasteiger partial charge >= 0.3 is 0 Å². The average molecular weight is 280 g/mol. The van der Waals surface area contributed by atoms with E-state index in [-0.39, 0.29) is 0 Å². The van der Waals surface area contributed by atoms with Gasteiger partial charge in [-0.25, -0.2) is 0 Å². The summed E-state index contributed by atoms with van der Waals surface area (Å²) < 4.78 is 5.16.